The molecule has 3 nitrogen and oxygen atoms in total. The molecule has 0 unspecified atom stereocenters. The Morgan fingerprint density at radius 2 is 1.71 bits per heavy atom. The molecule has 3 heteroatoms. The number of methoxy groups -OCH3 is 2. The Bertz CT molecular complexity index is 284. The summed E-state index contributed by atoms with van der Waals surface area (Å²) >= 11 is 0. The summed E-state index contributed by atoms with van der Waals surface area (Å²) in [5.41, 5.74) is 1.12. The number of benzene rings is 1. The van der Waals surface area contributed by atoms with Crippen molar-refractivity contribution in [2.24, 2.45) is 0 Å². The Morgan fingerprint density at radius 1 is 1.00 bits per heavy atom. The van der Waals surface area contributed by atoms with Gasteiger partial charge in [0.25, 0.3) is 0 Å². The SMILES string of the molecule is COCCOc1cc(C)cc(OC)c1. The van der Waals surface area contributed by atoms with E-state index in [1.807, 2.05) is 25.1 Å². The van der Waals surface area contributed by atoms with E-state index in [-0.39, 0.29) is 0 Å². The molecular weight excluding hydrogens is 180 g/mol. The first-order valence-corrected chi connectivity index (χ1v) is 4.53. The van der Waals surface area contributed by atoms with Gasteiger partial charge in [0, 0.05) is 13.2 Å². The molecule has 1 aromatic rings. The Morgan fingerprint density at radius 3 is 2.36 bits per heavy atom. The molecule has 0 aliphatic rings. The van der Waals surface area contributed by atoms with E-state index in [1.54, 1.807) is 14.2 Å². The van der Waals surface area contributed by atoms with Gasteiger partial charge in [-0.05, 0) is 24.6 Å². The highest BCUT2D eigenvalue weighted by molar-refractivity contribution is 5.37. The molecule has 0 spiro atoms. The van der Waals surface area contributed by atoms with Crippen LogP contribution in [0.25, 0.3) is 0 Å². The molecule has 1 rings (SSSR count). The van der Waals surface area contributed by atoms with Gasteiger partial charge in [0.15, 0.2) is 0 Å². The molecule has 0 heterocycles. The van der Waals surface area contributed by atoms with Crippen LogP contribution < -0.4 is 9.47 Å². The topological polar surface area (TPSA) is 27.7 Å². The van der Waals surface area contributed by atoms with Gasteiger partial charge in [0.1, 0.15) is 18.1 Å². The second kappa shape index (κ2) is 5.50. The van der Waals surface area contributed by atoms with E-state index in [1.165, 1.54) is 0 Å². The summed E-state index contributed by atoms with van der Waals surface area (Å²) in [7, 11) is 3.30. The molecule has 0 fully saturated rings. The normalized spacial score (nSPS) is 9.93. The molecule has 78 valence electrons. The van der Waals surface area contributed by atoms with Crippen LogP contribution in [0.2, 0.25) is 0 Å². The number of rotatable bonds is 5. The maximum atomic E-state index is 5.46. The fraction of sp³-hybridized carbons (Fsp3) is 0.455. The molecule has 0 N–H and O–H groups in total. The molecule has 0 aliphatic heterocycles. The Labute approximate surface area is 84.6 Å². The second-order valence-corrected chi connectivity index (χ2v) is 3.03. The van der Waals surface area contributed by atoms with Crippen LogP contribution in [-0.4, -0.2) is 27.4 Å². The van der Waals surface area contributed by atoms with E-state index in [4.69, 9.17) is 14.2 Å². The standard InChI is InChI=1S/C11H16O3/c1-9-6-10(13-3)8-11(7-9)14-5-4-12-2/h6-8H,4-5H2,1-3H3. The number of hydrogen-bond donors (Lipinski definition) is 0. The van der Waals surface area contributed by atoms with E-state index in [0.717, 1.165) is 17.1 Å². The summed E-state index contributed by atoms with van der Waals surface area (Å²) in [4.78, 5) is 0. The van der Waals surface area contributed by atoms with Crippen molar-refractivity contribution in [3.63, 3.8) is 0 Å². The second-order valence-electron chi connectivity index (χ2n) is 3.03. The predicted octanol–water partition coefficient (Wildman–Crippen LogP) is 2.03. The van der Waals surface area contributed by atoms with Crippen LogP contribution >= 0.6 is 0 Å². The van der Waals surface area contributed by atoms with Gasteiger partial charge in [-0.15, -0.1) is 0 Å². The molecule has 1 aromatic carbocycles. The van der Waals surface area contributed by atoms with E-state index in [0.29, 0.717) is 13.2 Å². The van der Waals surface area contributed by atoms with Crippen LogP contribution in [0.5, 0.6) is 11.5 Å². The largest absolute Gasteiger partial charge is 0.497 e. The van der Waals surface area contributed by atoms with Crippen molar-refractivity contribution >= 4 is 0 Å². The first kappa shape index (κ1) is 10.9. The third-order valence-corrected chi connectivity index (χ3v) is 1.82. The smallest absolute Gasteiger partial charge is 0.123 e. The van der Waals surface area contributed by atoms with Crippen LogP contribution in [0, 0.1) is 6.92 Å². The predicted molar refractivity (Wildman–Crippen MR) is 55.1 cm³/mol. The molecule has 0 aromatic heterocycles. The lowest BCUT2D eigenvalue weighted by molar-refractivity contribution is 0.146. The summed E-state index contributed by atoms with van der Waals surface area (Å²) in [5, 5.41) is 0. The van der Waals surface area contributed by atoms with Crippen LogP contribution in [0.3, 0.4) is 0 Å². The molecular formula is C11H16O3. The monoisotopic (exact) mass is 196 g/mol. The number of ether oxygens (including phenoxy) is 3. The molecule has 0 amide bonds. The molecule has 0 atom stereocenters. The van der Waals surface area contributed by atoms with Crippen LogP contribution in [0.1, 0.15) is 5.56 Å². The molecule has 14 heavy (non-hydrogen) atoms. The van der Waals surface area contributed by atoms with Crippen molar-refractivity contribution in [3.05, 3.63) is 23.8 Å². The van der Waals surface area contributed by atoms with E-state index in [9.17, 15) is 0 Å². The highest BCUT2D eigenvalue weighted by Gasteiger charge is 1.99. The molecule has 0 saturated carbocycles. The summed E-state index contributed by atoms with van der Waals surface area (Å²) in [6.07, 6.45) is 0. The van der Waals surface area contributed by atoms with Gasteiger partial charge < -0.3 is 14.2 Å². The lowest BCUT2D eigenvalue weighted by Gasteiger charge is -2.08. The fourth-order valence-corrected chi connectivity index (χ4v) is 1.16. The third kappa shape index (κ3) is 3.26. The van der Waals surface area contributed by atoms with Gasteiger partial charge in [-0.3, -0.25) is 0 Å². The molecule has 0 aliphatic carbocycles. The zero-order valence-electron chi connectivity index (χ0n) is 8.87. The maximum absolute atomic E-state index is 5.46. The summed E-state index contributed by atoms with van der Waals surface area (Å²) in [6, 6.07) is 5.80. The van der Waals surface area contributed by atoms with E-state index < -0.39 is 0 Å². The lowest BCUT2D eigenvalue weighted by atomic mass is 10.2. The lowest BCUT2D eigenvalue weighted by Crippen LogP contribution is -2.04. The first-order chi connectivity index (χ1) is 6.76. The molecule has 0 saturated heterocycles. The minimum absolute atomic E-state index is 0.559. The zero-order chi connectivity index (χ0) is 10.4. The quantitative estimate of drug-likeness (QED) is 0.674. The average molecular weight is 196 g/mol. The molecule has 0 radical (unpaired) electrons. The van der Waals surface area contributed by atoms with Crippen LogP contribution in [0.4, 0.5) is 0 Å². The van der Waals surface area contributed by atoms with Crippen LogP contribution in [0.15, 0.2) is 18.2 Å². The minimum Gasteiger partial charge on any atom is -0.497 e. The Balaban J connectivity index is 2.62. The van der Waals surface area contributed by atoms with Gasteiger partial charge in [-0.25, -0.2) is 0 Å². The van der Waals surface area contributed by atoms with Gasteiger partial charge in [-0.2, -0.15) is 0 Å². The highest BCUT2D eigenvalue weighted by atomic mass is 16.5. The Hall–Kier alpha value is -1.22. The summed E-state index contributed by atoms with van der Waals surface area (Å²) < 4.78 is 15.5. The van der Waals surface area contributed by atoms with Gasteiger partial charge in [0.2, 0.25) is 0 Å². The third-order valence-electron chi connectivity index (χ3n) is 1.82. The van der Waals surface area contributed by atoms with Crippen molar-refractivity contribution in [1.29, 1.82) is 0 Å². The van der Waals surface area contributed by atoms with Crippen molar-refractivity contribution in [2.75, 3.05) is 27.4 Å². The number of hydrogen-bond acceptors (Lipinski definition) is 3. The zero-order valence-corrected chi connectivity index (χ0v) is 8.87. The van der Waals surface area contributed by atoms with Gasteiger partial charge in [0.05, 0.1) is 13.7 Å². The fourth-order valence-electron chi connectivity index (χ4n) is 1.16. The summed E-state index contributed by atoms with van der Waals surface area (Å²) in [5.74, 6) is 1.64. The summed E-state index contributed by atoms with van der Waals surface area (Å²) in [6.45, 7) is 3.16. The minimum atomic E-state index is 0.559. The van der Waals surface area contributed by atoms with Crippen LogP contribution in [-0.2, 0) is 4.74 Å². The average Bonchev–Trinajstić information content (AvgIpc) is 2.17. The van der Waals surface area contributed by atoms with Crippen molar-refractivity contribution in [3.8, 4) is 11.5 Å². The van der Waals surface area contributed by atoms with E-state index >= 15 is 0 Å². The maximum Gasteiger partial charge on any atom is 0.123 e. The van der Waals surface area contributed by atoms with Crippen molar-refractivity contribution in [1.82, 2.24) is 0 Å². The van der Waals surface area contributed by atoms with Gasteiger partial charge >= 0.3 is 0 Å². The van der Waals surface area contributed by atoms with Crippen molar-refractivity contribution < 1.29 is 14.2 Å². The molecule has 0 bridgehead atoms. The van der Waals surface area contributed by atoms with Crippen molar-refractivity contribution in [2.45, 2.75) is 6.92 Å². The Kier molecular flexibility index (Phi) is 4.26. The number of aryl methyl sites for hydroxylation is 1. The highest BCUT2D eigenvalue weighted by Crippen LogP contribution is 2.21. The van der Waals surface area contributed by atoms with E-state index in [2.05, 4.69) is 0 Å². The first-order valence-electron chi connectivity index (χ1n) is 4.53. The van der Waals surface area contributed by atoms with Gasteiger partial charge in [-0.1, -0.05) is 0 Å².